The molecule has 0 spiro atoms. The summed E-state index contributed by atoms with van der Waals surface area (Å²) in [7, 11) is 1.60. The van der Waals surface area contributed by atoms with Gasteiger partial charge in [0.1, 0.15) is 5.75 Å². The first kappa shape index (κ1) is 16.0. The van der Waals surface area contributed by atoms with Crippen LogP contribution < -0.4 is 10.5 Å². The molecule has 0 aliphatic rings. The van der Waals surface area contributed by atoms with E-state index >= 15 is 0 Å². The molecule has 0 radical (unpaired) electrons. The zero-order valence-corrected chi connectivity index (χ0v) is 13.7. The molecule has 2 aromatic heterocycles. The summed E-state index contributed by atoms with van der Waals surface area (Å²) in [5.41, 5.74) is 6.89. The van der Waals surface area contributed by atoms with E-state index in [0.717, 1.165) is 11.3 Å². The number of hydrogen-bond donors (Lipinski definition) is 1. The fourth-order valence-corrected chi connectivity index (χ4v) is 2.90. The maximum Gasteiger partial charge on any atom is 0.227 e. The van der Waals surface area contributed by atoms with Crippen LogP contribution in [0.15, 0.2) is 53.9 Å². The molecule has 0 fully saturated rings. The lowest BCUT2D eigenvalue weighted by Gasteiger charge is -2.13. The van der Waals surface area contributed by atoms with Gasteiger partial charge in [-0.05, 0) is 24.3 Å². The molecule has 0 atom stereocenters. The summed E-state index contributed by atoms with van der Waals surface area (Å²) in [6.07, 6.45) is 3.37. The number of primary amides is 1. The van der Waals surface area contributed by atoms with E-state index in [2.05, 4.69) is 15.2 Å². The van der Waals surface area contributed by atoms with Crippen molar-refractivity contribution in [3.05, 3.63) is 48.8 Å². The van der Waals surface area contributed by atoms with Crippen LogP contribution >= 0.6 is 11.8 Å². The molecular weight excluding hydrogens is 326 g/mol. The second-order valence-corrected chi connectivity index (χ2v) is 5.75. The third-order valence-corrected chi connectivity index (χ3v) is 4.19. The second kappa shape index (κ2) is 7.14. The molecule has 0 saturated heterocycles. The normalized spacial score (nSPS) is 10.5. The number of carbonyl (C=O) groups is 1. The van der Waals surface area contributed by atoms with Crippen LogP contribution in [-0.4, -0.2) is 38.5 Å². The van der Waals surface area contributed by atoms with E-state index in [1.807, 2.05) is 41.0 Å². The molecule has 2 N–H and O–H groups in total. The Bertz CT molecular complexity index is 851. The van der Waals surface area contributed by atoms with Crippen molar-refractivity contribution in [2.24, 2.45) is 5.73 Å². The number of pyridine rings is 1. The molecule has 7 nitrogen and oxygen atoms in total. The molecule has 0 bridgehead atoms. The van der Waals surface area contributed by atoms with Crippen LogP contribution in [0.4, 0.5) is 0 Å². The van der Waals surface area contributed by atoms with Crippen molar-refractivity contribution < 1.29 is 9.53 Å². The number of aromatic nitrogens is 4. The van der Waals surface area contributed by atoms with Crippen molar-refractivity contribution in [1.29, 1.82) is 0 Å². The molecule has 0 aliphatic carbocycles. The van der Waals surface area contributed by atoms with Gasteiger partial charge < -0.3 is 10.5 Å². The average Bonchev–Trinajstić information content (AvgIpc) is 3.04. The number of thioether (sulfide) groups is 1. The van der Waals surface area contributed by atoms with Gasteiger partial charge in [0.25, 0.3) is 0 Å². The number of nitrogens with zero attached hydrogens (tertiary/aromatic N) is 4. The monoisotopic (exact) mass is 341 g/mol. The Kier molecular flexibility index (Phi) is 4.76. The fraction of sp³-hybridized carbons (Fsp3) is 0.125. The highest BCUT2D eigenvalue weighted by molar-refractivity contribution is 7.99. The number of amides is 1. The van der Waals surface area contributed by atoms with Gasteiger partial charge in [-0.1, -0.05) is 23.9 Å². The van der Waals surface area contributed by atoms with Crippen molar-refractivity contribution in [1.82, 2.24) is 19.7 Å². The predicted octanol–water partition coefficient (Wildman–Crippen LogP) is 1.92. The van der Waals surface area contributed by atoms with E-state index in [1.165, 1.54) is 11.8 Å². The number of benzene rings is 1. The molecule has 3 aromatic rings. The Labute approximate surface area is 142 Å². The van der Waals surface area contributed by atoms with E-state index in [1.54, 1.807) is 19.5 Å². The molecule has 2 heterocycles. The first-order valence-corrected chi connectivity index (χ1v) is 8.09. The van der Waals surface area contributed by atoms with Crippen molar-refractivity contribution in [2.75, 3.05) is 12.9 Å². The van der Waals surface area contributed by atoms with Gasteiger partial charge in [0.15, 0.2) is 11.0 Å². The largest absolute Gasteiger partial charge is 0.495 e. The van der Waals surface area contributed by atoms with E-state index in [-0.39, 0.29) is 5.75 Å². The molecule has 0 saturated carbocycles. The van der Waals surface area contributed by atoms with Gasteiger partial charge in [-0.15, -0.1) is 10.2 Å². The number of nitrogens with two attached hydrogens (primary N) is 1. The molecule has 3 rings (SSSR count). The topological polar surface area (TPSA) is 95.9 Å². The summed E-state index contributed by atoms with van der Waals surface area (Å²) in [6.45, 7) is 0. The maximum atomic E-state index is 11.1. The Morgan fingerprint density at radius 1 is 1.21 bits per heavy atom. The van der Waals surface area contributed by atoms with Crippen molar-refractivity contribution in [3.63, 3.8) is 0 Å². The number of carbonyl (C=O) groups excluding carboxylic acids is 1. The standard InChI is InChI=1S/C16H15N5O2S/c1-23-13-5-3-2-4-12(13)21-15(11-6-8-18-9-7-11)19-20-16(21)24-10-14(17)22/h2-9H,10H2,1H3,(H2,17,22). The Morgan fingerprint density at radius 2 is 1.96 bits per heavy atom. The van der Waals surface area contributed by atoms with Crippen molar-refractivity contribution in [3.8, 4) is 22.8 Å². The highest BCUT2D eigenvalue weighted by Crippen LogP contribution is 2.32. The molecule has 0 unspecified atom stereocenters. The van der Waals surface area contributed by atoms with Gasteiger partial charge in [-0.3, -0.25) is 14.3 Å². The molecule has 1 amide bonds. The van der Waals surface area contributed by atoms with E-state index < -0.39 is 5.91 Å². The van der Waals surface area contributed by atoms with E-state index in [0.29, 0.717) is 16.7 Å². The average molecular weight is 341 g/mol. The summed E-state index contributed by atoms with van der Waals surface area (Å²) in [4.78, 5) is 15.2. The van der Waals surface area contributed by atoms with Crippen LogP contribution in [-0.2, 0) is 4.79 Å². The highest BCUT2D eigenvalue weighted by Gasteiger charge is 2.19. The third kappa shape index (κ3) is 3.23. The van der Waals surface area contributed by atoms with E-state index in [4.69, 9.17) is 10.5 Å². The minimum Gasteiger partial charge on any atom is -0.495 e. The predicted molar refractivity (Wildman–Crippen MR) is 91.1 cm³/mol. The zero-order chi connectivity index (χ0) is 16.9. The SMILES string of the molecule is COc1ccccc1-n1c(SCC(N)=O)nnc1-c1ccncc1. The number of hydrogen-bond acceptors (Lipinski definition) is 6. The molecule has 1 aromatic carbocycles. The number of para-hydroxylation sites is 2. The van der Waals surface area contributed by atoms with Crippen LogP contribution in [0.2, 0.25) is 0 Å². The van der Waals surface area contributed by atoms with Gasteiger partial charge in [0.2, 0.25) is 5.91 Å². The number of ether oxygens (including phenoxy) is 1. The highest BCUT2D eigenvalue weighted by atomic mass is 32.2. The smallest absolute Gasteiger partial charge is 0.227 e. The van der Waals surface area contributed by atoms with Crippen LogP contribution in [0, 0.1) is 0 Å². The molecular formula is C16H15N5O2S. The molecule has 8 heteroatoms. The molecule has 24 heavy (non-hydrogen) atoms. The van der Waals surface area contributed by atoms with Gasteiger partial charge in [-0.25, -0.2) is 0 Å². The van der Waals surface area contributed by atoms with Gasteiger partial charge in [0, 0.05) is 18.0 Å². The van der Waals surface area contributed by atoms with Crippen molar-refractivity contribution in [2.45, 2.75) is 5.16 Å². The summed E-state index contributed by atoms with van der Waals surface area (Å²) in [6, 6.07) is 11.2. The van der Waals surface area contributed by atoms with Crippen LogP contribution in [0.3, 0.4) is 0 Å². The first-order chi connectivity index (χ1) is 11.7. The van der Waals surface area contributed by atoms with Crippen LogP contribution in [0.25, 0.3) is 17.1 Å². The van der Waals surface area contributed by atoms with Crippen molar-refractivity contribution >= 4 is 17.7 Å². The quantitative estimate of drug-likeness (QED) is 0.688. The fourth-order valence-electron chi connectivity index (χ4n) is 2.22. The summed E-state index contributed by atoms with van der Waals surface area (Å²) in [5.74, 6) is 1.01. The second-order valence-electron chi connectivity index (χ2n) is 4.80. The van der Waals surface area contributed by atoms with Gasteiger partial charge in [0.05, 0.1) is 18.6 Å². The lowest BCUT2D eigenvalue weighted by Crippen LogP contribution is -2.13. The third-order valence-electron chi connectivity index (χ3n) is 3.24. The van der Waals surface area contributed by atoms with Crippen LogP contribution in [0.5, 0.6) is 5.75 Å². The summed E-state index contributed by atoms with van der Waals surface area (Å²) < 4.78 is 7.30. The minimum absolute atomic E-state index is 0.115. The Hall–Kier alpha value is -2.87. The summed E-state index contributed by atoms with van der Waals surface area (Å²) in [5, 5.41) is 9.04. The number of methoxy groups -OCH3 is 1. The first-order valence-electron chi connectivity index (χ1n) is 7.11. The summed E-state index contributed by atoms with van der Waals surface area (Å²) >= 11 is 1.23. The van der Waals surface area contributed by atoms with Crippen LogP contribution in [0.1, 0.15) is 0 Å². The van der Waals surface area contributed by atoms with E-state index in [9.17, 15) is 4.79 Å². The molecule has 122 valence electrons. The zero-order valence-electron chi connectivity index (χ0n) is 12.9. The lowest BCUT2D eigenvalue weighted by molar-refractivity contribution is -0.115. The van der Waals surface area contributed by atoms with Gasteiger partial charge >= 0.3 is 0 Å². The van der Waals surface area contributed by atoms with Gasteiger partial charge in [-0.2, -0.15) is 0 Å². The lowest BCUT2D eigenvalue weighted by atomic mass is 10.2. The Morgan fingerprint density at radius 3 is 2.67 bits per heavy atom. The maximum absolute atomic E-state index is 11.1. The molecule has 0 aliphatic heterocycles. The Balaban J connectivity index is 2.16. The number of rotatable bonds is 6. The minimum atomic E-state index is -0.417.